The Labute approximate surface area is 97.8 Å². The fourth-order valence-electron chi connectivity index (χ4n) is 1.43. The Morgan fingerprint density at radius 3 is 2.94 bits per heavy atom. The second-order valence-electron chi connectivity index (χ2n) is 3.69. The van der Waals surface area contributed by atoms with Gasteiger partial charge in [-0.15, -0.1) is 0 Å². The van der Waals surface area contributed by atoms with Crippen molar-refractivity contribution in [3.05, 3.63) is 11.5 Å². The summed E-state index contributed by atoms with van der Waals surface area (Å²) in [5, 5.41) is 0.0870. The molecule has 0 spiro atoms. The molecule has 3 N–H and O–H groups in total. The molecular weight excluding hydrogens is 230 g/mol. The van der Waals surface area contributed by atoms with Crippen molar-refractivity contribution in [2.24, 2.45) is 11.8 Å². The van der Waals surface area contributed by atoms with Gasteiger partial charge in [0.2, 0.25) is 11.2 Å². The van der Waals surface area contributed by atoms with Gasteiger partial charge in [0.05, 0.1) is 6.20 Å². The molecule has 16 heavy (non-hydrogen) atoms. The molecule has 0 radical (unpaired) electrons. The van der Waals surface area contributed by atoms with Crippen LogP contribution in [0.5, 0.6) is 0 Å². The highest BCUT2D eigenvalue weighted by molar-refractivity contribution is 6.28. The first-order valence-electron chi connectivity index (χ1n) is 4.90. The summed E-state index contributed by atoms with van der Waals surface area (Å²) in [7, 11) is 1.67. The SMILES string of the molecule is CN(C(=O)C1CC1)c1cnc(Cl)nc1NN. The van der Waals surface area contributed by atoms with Crippen molar-refractivity contribution in [2.75, 3.05) is 17.4 Å². The highest BCUT2D eigenvalue weighted by Gasteiger charge is 2.33. The predicted molar refractivity (Wildman–Crippen MR) is 61.0 cm³/mol. The molecule has 1 heterocycles. The second-order valence-corrected chi connectivity index (χ2v) is 4.03. The molecule has 0 unspecified atom stereocenters. The lowest BCUT2D eigenvalue weighted by molar-refractivity contribution is -0.119. The predicted octanol–water partition coefficient (Wildman–Crippen LogP) is 0.788. The van der Waals surface area contributed by atoms with Crippen molar-refractivity contribution in [1.82, 2.24) is 9.97 Å². The van der Waals surface area contributed by atoms with Crippen molar-refractivity contribution >= 4 is 29.0 Å². The van der Waals surface area contributed by atoms with Crippen LogP contribution in [-0.4, -0.2) is 22.9 Å². The summed E-state index contributed by atoms with van der Waals surface area (Å²) in [6, 6.07) is 0. The third kappa shape index (κ3) is 2.07. The molecule has 1 amide bonds. The minimum Gasteiger partial charge on any atom is -0.311 e. The molecule has 7 heteroatoms. The number of rotatable bonds is 3. The van der Waals surface area contributed by atoms with Gasteiger partial charge in [-0.1, -0.05) is 0 Å². The molecule has 1 saturated carbocycles. The summed E-state index contributed by atoms with van der Waals surface area (Å²) >= 11 is 5.63. The topological polar surface area (TPSA) is 84.1 Å². The van der Waals surface area contributed by atoms with Gasteiger partial charge in [0.25, 0.3) is 0 Å². The average molecular weight is 242 g/mol. The number of aromatic nitrogens is 2. The molecule has 0 atom stereocenters. The van der Waals surface area contributed by atoms with Crippen LogP contribution < -0.4 is 16.2 Å². The van der Waals surface area contributed by atoms with Crippen molar-refractivity contribution in [3.63, 3.8) is 0 Å². The molecule has 0 aliphatic heterocycles. The normalized spacial score (nSPS) is 14.7. The Kier molecular flexibility index (Phi) is 2.93. The first-order valence-corrected chi connectivity index (χ1v) is 5.28. The van der Waals surface area contributed by atoms with E-state index in [-0.39, 0.29) is 17.1 Å². The molecule has 0 bridgehead atoms. The number of nitrogen functional groups attached to an aromatic ring is 1. The molecule has 0 aromatic carbocycles. The van der Waals surface area contributed by atoms with E-state index in [9.17, 15) is 4.79 Å². The summed E-state index contributed by atoms with van der Waals surface area (Å²) in [5.74, 6) is 5.84. The maximum Gasteiger partial charge on any atom is 0.229 e. The molecular formula is C9H12ClN5O. The van der Waals surface area contributed by atoms with Gasteiger partial charge in [0.1, 0.15) is 5.69 Å². The largest absolute Gasteiger partial charge is 0.311 e. The molecule has 86 valence electrons. The van der Waals surface area contributed by atoms with Crippen LogP contribution in [0.3, 0.4) is 0 Å². The number of hydrogen-bond donors (Lipinski definition) is 2. The molecule has 1 aliphatic rings. The van der Waals surface area contributed by atoms with E-state index in [2.05, 4.69) is 15.4 Å². The number of nitrogens with zero attached hydrogens (tertiary/aromatic N) is 3. The lowest BCUT2D eigenvalue weighted by atomic mass is 10.3. The lowest BCUT2D eigenvalue weighted by Crippen LogP contribution is -2.29. The van der Waals surface area contributed by atoms with E-state index in [0.717, 1.165) is 12.8 Å². The van der Waals surface area contributed by atoms with E-state index in [1.165, 1.54) is 11.1 Å². The quantitative estimate of drug-likeness (QED) is 0.464. The number of nitrogens with two attached hydrogens (primary N) is 1. The Bertz CT molecular complexity index is 420. The molecule has 6 nitrogen and oxygen atoms in total. The lowest BCUT2D eigenvalue weighted by Gasteiger charge is -2.18. The zero-order chi connectivity index (χ0) is 11.7. The van der Waals surface area contributed by atoms with Crippen LogP contribution in [0.25, 0.3) is 0 Å². The summed E-state index contributed by atoms with van der Waals surface area (Å²) < 4.78 is 0. The van der Waals surface area contributed by atoms with E-state index in [4.69, 9.17) is 17.4 Å². The first-order chi connectivity index (χ1) is 7.63. The Morgan fingerprint density at radius 1 is 1.69 bits per heavy atom. The van der Waals surface area contributed by atoms with Gasteiger partial charge in [-0.3, -0.25) is 4.79 Å². The number of nitrogens with one attached hydrogen (secondary N) is 1. The van der Waals surface area contributed by atoms with Gasteiger partial charge in [0, 0.05) is 13.0 Å². The third-order valence-corrected chi connectivity index (χ3v) is 2.68. The standard InChI is InChI=1S/C9H12ClN5O/c1-15(8(16)5-2-3-5)6-4-12-9(10)13-7(6)14-11/h4-5H,2-3,11H2,1H3,(H,12,13,14). The van der Waals surface area contributed by atoms with Gasteiger partial charge >= 0.3 is 0 Å². The number of carbonyl (C=O) groups excluding carboxylic acids is 1. The number of amides is 1. The monoisotopic (exact) mass is 241 g/mol. The van der Waals surface area contributed by atoms with Crippen molar-refractivity contribution in [1.29, 1.82) is 0 Å². The minimum atomic E-state index is 0.0578. The van der Waals surface area contributed by atoms with Crippen molar-refractivity contribution < 1.29 is 4.79 Å². The number of anilines is 2. The van der Waals surface area contributed by atoms with Crippen LogP contribution in [0.15, 0.2) is 6.20 Å². The van der Waals surface area contributed by atoms with E-state index in [1.807, 2.05) is 0 Å². The Morgan fingerprint density at radius 2 is 2.38 bits per heavy atom. The van der Waals surface area contributed by atoms with Crippen molar-refractivity contribution in [2.45, 2.75) is 12.8 Å². The smallest absolute Gasteiger partial charge is 0.229 e. The van der Waals surface area contributed by atoms with E-state index in [0.29, 0.717) is 11.5 Å². The first kappa shape index (κ1) is 11.1. The second kappa shape index (κ2) is 4.23. The number of halogens is 1. The fraction of sp³-hybridized carbons (Fsp3) is 0.444. The maximum atomic E-state index is 11.8. The van der Waals surface area contributed by atoms with Gasteiger partial charge < -0.3 is 10.3 Å². The Hall–Kier alpha value is -1.40. The van der Waals surface area contributed by atoms with Crippen LogP contribution >= 0.6 is 11.6 Å². The van der Waals surface area contributed by atoms with Crippen LogP contribution in [0.4, 0.5) is 11.5 Å². The highest BCUT2D eigenvalue weighted by atomic mass is 35.5. The third-order valence-electron chi connectivity index (χ3n) is 2.50. The van der Waals surface area contributed by atoms with Gasteiger partial charge in [-0.25, -0.2) is 10.8 Å². The van der Waals surface area contributed by atoms with Crippen LogP contribution in [-0.2, 0) is 4.79 Å². The van der Waals surface area contributed by atoms with Crippen LogP contribution in [0.1, 0.15) is 12.8 Å². The van der Waals surface area contributed by atoms with Gasteiger partial charge in [0.15, 0.2) is 5.82 Å². The highest BCUT2D eigenvalue weighted by Crippen LogP contribution is 2.33. The number of hydrogen-bond acceptors (Lipinski definition) is 5. The Balaban J connectivity index is 2.27. The zero-order valence-electron chi connectivity index (χ0n) is 8.77. The van der Waals surface area contributed by atoms with Gasteiger partial charge in [-0.2, -0.15) is 4.98 Å². The number of carbonyl (C=O) groups is 1. The maximum absolute atomic E-state index is 11.8. The molecule has 0 saturated heterocycles. The molecule has 1 fully saturated rings. The molecule has 1 aromatic heterocycles. The fourth-order valence-corrected chi connectivity index (χ4v) is 1.56. The van der Waals surface area contributed by atoms with Crippen LogP contribution in [0, 0.1) is 5.92 Å². The summed E-state index contributed by atoms with van der Waals surface area (Å²) in [4.78, 5) is 21.1. The summed E-state index contributed by atoms with van der Waals surface area (Å²) in [6.45, 7) is 0. The molecule has 1 aromatic rings. The minimum absolute atomic E-state index is 0.0578. The van der Waals surface area contributed by atoms with E-state index in [1.54, 1.807) is 7.05 Å². The summed E-state index contributed by atoms with van der Waals surface area (Å²) in [6.07, 6.45) is 3.37. The van der Waals surface area contributed by atoms with E-state index < -0.39 is 0 Å². The van der Waals surface area contributed by atoms with Crippen LogP contribution in [0.2, 0.25) is 5.28 Å². The zero-order valence-corrected chi connectivity index (χ0v) is 9.53. The van der Waals surface area contributed by atoms with Crippen molar-refractivity contribution in [3.8, 4) is 0 Å². The molecule has 1 aliphatic carbocycles. The summed E-state index contributed by atoms with van der Waals surface area (Å²) in [5.41, 5.74) is 2.93. The van der Waals surface area contributed by atoms with E-state index >= 15 is 0 Å². The average Bonchev–Trinajstić information content (AvgIpc) is 3.10. The number of hydrazine groups is 1. The van der Waals surface area contributed by atoms with Gasteiger partial charge in [-0.05, 0) is 24.4 Å². The molecule has 2 rings (SSSR count).